The highest BCUT2D eigenvalue weighted by Gasteiger charge is 2.23. The summed E-state index contributed by atoms with van der Waals surface area (Å²) in [5.41, 5.74) is 7.09. The summed E-state index contributed by atoms with van der Waals surface area (Å²) in [7, 11) is 0. The van der Waals surface area contributed by atoms with E-state index in [0.717, 1.165) is 25.9 Å². The molecule has 1 aliphatic heterocycles. The van der Waals surface area contributed by atoms with Crippen molar-refractivity contribution in [1.82, 2.24) is 14.4 Å². The SMILES string of the molecule is CCCn1cc(N)cc1C(=O)N1CCCN(C(C)=O)CC1. The minimum Gasteiger partial charge on any atom is -0.397 e. The second-order valence-electron chi connectivity index (χ2n) is 5.50. The van der Waals surface area contributed by atoms with Crippen molar-refractivity contribution >= 4 is 17.5 Å². The minimum absolute atomic E-state index is 0.00514. The Balaban J connectivity index is 2.11. The average Bonchev–Trinajstić information content (AvgIpc) is 2.65. The van der Waals surface area contributed by atoms with E-state index in [1.165, 1.54) is 0 Å². The van der Waals surface area contributed by atoms with Crippen molar-refractivity contribution in [2.45, 2.75) is 33.2 Å². The van der Waals surface area contributed by atoms with E-state index in [2.05, 4.69) is 6.92 Å². The summed E-state index contributed by atoms with van der Waals surface area (Å²) in [5.74, 6) is 0.0773. The van der Waals surface area contributed by atoms with E-state index in [9.17, 15) is 9.59 Å². The number of carbonyl (C=O) groups is 2. The lowest BCUT2D eigenvalue weighted by molar-refractivity contribution is -0.128. The average molecular weight is 292 g/mol. The van der Waals surface area contributed by atoms with Crippen molar-refractivity contribution in [1.29, 1.82) is 0 Å². The quantitative estimate of drug-likeness (QED) is 0.909. The Kier molecular flexibility index (Phi) is 4.88. The van der Waals surface area contributed by atoms with Crippen molar-refractivity contribution in [3.63, 3.8) is 0 Å². The summed E-state index contributed by atoms with van der Waals surface area (Å²) in [4.78, 5) is 27.7. The van der Waals surface area contributed by atoms with Gasteiger partial charge < -0.3 is 20.1 Å². The van der Waals surface area contributed by atoms with Crippen molar-refractivity contribution in [2.75, 3.05) is 31.9 Å². The molecule has 0 bridgehead atoms. The van der Waals surface area contributed by atoms with Gasteiger partial charge in [0.25, 0.3) is 5.91 Å². The van der Waals surface area contributed by atoms with Gasteiger partial charge in [-0.3, -0.25) is 9.59 Å². The molecule has 2 heterocycles. The Morgan fingerprint density at radius 1 is 1.19 bits per heavy atom. The lowest BCUT2D eigenvalue weighted by atomic mass is 10.3. The number of rotatable bonds is 3. The van der Waals surface area contributed by atoms with Crippen LogP contribution in [0.15, 0.2) is 12.3 Å². The molecule has 0 spiro atoms. The highest BCUT2D eigenvalue weighted by atomic mass is 16.2. The molecule has 2 rings (SSSR count). The second kappa shape index (κ2) is 6.65. The molecule has 2 N–H and O–H groups in total. The van der Waals surface area contributed by atoms with Gasteiger partial charge >= 0.3 is 0 Å². The highest BCUT2D eigenvalue weighted by molar-refractivity contribution is 5.94. The third-order valence-corrected chi connectivity index (χ3v) is 3.83. The molecule has 1 aromatic heterocycles. The van der Waals surface area contributed by atoms with E-state index < -0.39 is 0 Å². The monoisotopic (exact) mass is 292 g/mol. The summed E-state index contributed by atoms with van der Waals surface area (Å²) in [6, 6.07) is 1.74. The first-order valence-electron chi connectivity index (χ1n) is 7.53. The first kappa shape index (κ1) is 15.4. The van der Waals surface area contributed by atoms with Gasteiger partial charge in [-0.05, 0) is 18.9 Å². The van der Waals surface area contributed by atoms with Gasteiger partial charge in [-0.1, -0.05) is 6.92 Å². The zero-order valence-corrected chi connectivity index (χ0v) is 12.8. The first-order valence-corrected chi connectivity index (χ1v) is 7.53. The number of hydrogen-bond acceptors (Lipinski definition) is 3. The Morgan fingerprint density at radius 2 is 1.86 bits per heavy atom. The number of nitrogen functional groups attached to an aromatic ring is 1. The van der Waals surface area contributed by atoms with E-state index in [1.54, 1.807) is 17.9 Å². The summed E-state index contributed by atoms with van der Waals surface area (Å²) < 4.78 is 1.92. The largest absolute Gasteiger partial charge is 0.397 e. The van der Waals surface area contributed by atoms with Crippen molar-refractivity contribution in [2.24, 2.45) is 0 Å². The molecule has 1 aliphatic rings. The molecule has 116 valence electrons. The zero-order valence-electron chi connectivity index (χ0n) is 12.8. The summed E-state index contributed by atoms with van der Waals surface area (Å²) in [6.45, 7) is 7.01. The topological polar surface area (TPSA) is 71.6 Å². The third kappa shape index (κ3) is 3.56. The predicted octanol–water partition coefficient (Wildman–Crippen LogP) is 1.17. The van der Waals surface area contributed by atoms with Crippen molar-refractivity contribution in [3.8, 4) is 0 Å². The normalized spacial score (nSPS) is 15.9. The van der Waals surface area contributed by atoms with Gasteiger partial charge in [0.05, 0.1) is 5.69 Å². The maximum Gasteiger partial charge on any atom is 0.270 e. The number of hydrogen-bond donors (Lipinski definition) is 1. The fourth-order valence-corrected chi connectivity index (χ4v) is 2.74. The molecule has 6 heteroatoms. The molecule has 1 aromatic rings. The number of aromatic nitrogens is 1. The molecule has 0 aromatic carbocycles. The van der Waals surface area contributed by atoms with Crippen LogP contribution in [0.5, 0.6) is 0 Å². The van der Waals surface area contributed by atoms with Gasteiger partial charge in [0.1, 0.15) is 5.69 Å². The first-order chi connectivity index (χ1) is 10.0. The number of anilines is 1. The van der Waals surface area contributed by atoms with Gasteiger partial charge in [-0.15, -0.1) is 0 Å². The van der Waals surface area contributed by atoms with Gasteiger partial charge in [0.15, 0.2) is 0 Å². The maximum absolute atomic E-state index is 12.7. The number of aryl methyl sites for hydroxylation is 1. The van der Waals surface area contributed by atoms with Crippen LogP contribution in [0.25, 0.3) is 0 Å². The van der Waals surface area contributed by atoms with Crippen LogP contribution < -0.4 is 5.73 Å². The third-order valence-electron chi connectivity index (χ3n) is 3.83. The van der Waals surface area contributed by atoms with Crippen LogP contribution in [0, 0.1) is 0 Å². The van der Waals surface area contributed by atoms with Crippen LogP contribution in [0.4, 0.5) is 5.69 Å². The molecule has 21 heavy (non-hydrogen) atoms. The maximum atomic E-state index is 12.7. The fraction of sp³-hybridized carbons (Fsp3) is 0.600. The zero-order chi connectivity index (χ0) is 15.4. The van der Waals surface area contributed by atoms with Crippen molar-refractivity contribution in [3.05, 3.63) is 18.0 Å². The Morgan fingerprint density at radius 3 is 2.52 bits per heavy atom. The van der Waals surface area contributed by atoms with Gasteiger partial charge in [0.2, 0.25) is 5.91 Å². The lowest BCUT2D eigenvalue weighted by Gasteiger charge is -2.22. The summed E-state index contributed by atoms with van der Waals surface area (Å²) >= 11 is 0. The molecule has 0 saturated carbocycles. The van der Waals surface area contributed by atoms with E-state index in [4.69, 9.17) is 5.73 Å². The van der Waals surface area contributed by atoms with Crippen molar-refractivity contribution < 1.29 is 9.59 Å². The lowest BCUT2D eigenvalue weighted by Crippen LogP contribution is -2.37. The number of amides is 2. The highest BCUT2D eigenvalue weighted by Crippen LogP contribution is 2.15. The van der Waals surface area contributed by atoms with Crippen LogP contribution in [0.2, 0.25) is 0 Å². The van der Waals surface area contributed by atoms with Crippen LogP contribution in [0.1, 0.15) is 37.2 Å². The number of nitrogens with two attached hydrogens (primary N) is 1. The Labute approximate surface area is 125 Å². The van der Waals surface area contributed by atoms with Crippen LogP contribution in [-0.2, 0) is 11.3 Å². The molecule has 2 amide bonds. The standard InChI is InChI=1S/C15H24N4O2/c1-3-5-19-11-13(16)10-14(19)15(21)18-7-4-6-17(8-9-18)12(2)20/h10-11H,3-9,16H2,1-2H3. The summed E-state index contributed by atoms with van der Waals surface area (Å²) in [6.07, 6.45) is 3.58. The van der Waals surface area contributed by atoms with Crippen LogP contribution in [-0.4, -0.2) is 52.4 Å². The molecule has 1 fully saturated rings. The van der Waals surface area contributed by atoms with E-state index in [-0.39, 0.29) is 11.8 Å². The van der Waals surface area contributed by atoms with Gasteiger partial charge in [0, 0.05) is 45.8 Å². The molecule has 0 unspecified atom stereocenters. The van der Waals surface area contributed by atoms with E-state index in [0.29, 0.717) is 31.0 Å². The molecule has 1 saturated heterocycles. The van der Waals surface area contributed by atoms with E-state index in [1.807, 2.05) is 15.7 Å². The molecule has 0 aliphatic carbocycles. The minimum atomic E-state index is 0.00514. The Hall–Kier alpha value is -1.98. The fourth-order valence-electron chi connectivity index (χ4n) is 2.74. The van der Waals surface area contributed by atoms with Gasteiger partial charge in [-0.2, -0.15) is 0 Å². The molecule has 0 atom stereocenters. The molecular weight excluding hydrogens is 268 g/mol. The van der Waals surface area contributed by atoms with Gasteiger partial charge in [-0.25, -0.2) is 0 Å². The smallest absolute Gasteiger partial charge is 0.270 e. The summed E-state index contributed by atoms with van der Waals surface area (Å²) in [5, 5.41) is 0. The van der Waals surface area contributed by atoms with E-state index >= 15 is 0 Å². The Bertz CT molecular complexity index is 524. The number of nitrogens with zero attached hydrogens (tertiary/aromatic N) is 3. The molecular formula is C15H24N4O2. The molecule has 0 radical (unpaired) electrons. The predicted molar refractivity (Wildman–Crippen MR) is 81.9 cm³/mol. The second-order valence-corrected chi connectivity index (χ2v) is 5.50. The van der Waals surface area contributed by atoms with Crippen LogP contribution in [0.3, 0.4) is 0 Å². The number of carbonyl (C=O) groups excluding carboxylic acids is 2. The van der Waals surface area contributed by atoms with Crippen LogP contribution >= 0.6 is 0 Å². The molecule has 6 nitrogen and oxygen atoms in total.